The summed E-state index contributed by atoms with van der Waals surface area (Å²) in [7, 11) is 2.98. The van der Waals surface area contributed by atoms with Gasteiger partial charge in [0.25, 0.3) is 5.56 Å². The third kappa shape index (κ3) is 6.30. The van der Waals surface area contributed by atoms with Crippen LogP contribution in [0.2, 0.25) is 0 Å². The summed E-state index contributed by atoms with van der Waals surface area (Å²) in [4.78, 5) is 33.9. The molecule has 0 radical (unpaired) electrons. The molecule has 1 atom stereocenters. The van der Waals surface area contributed by atoms with E-state index in [9.17, 15) is 22.8 Å². The second-order valence-corrected chi connectivity index (χ2v) is 9.39. The number of ether oxygens (including phenoxy) is 3. The van der Waals surface area contributed by atoms with E-state index in [4.69, 9.17) is 14.2 Å². The van der Waals surface area contributed by atoms with E-state index in [1.807, 2.05) is 0 Å². The van der Waals surface area contributed by atoms with Gasteiger partial charge in [-0.3, -0.25) is 9.36 Å². The van der Waals surface area contributed by atoms with E-state index in [0.29, 0.717) is 17.1 Å². The molecular formula is C25H29F3N4O5. The molecule has 3 aromatic rings. The Balaban J connectivity index is 2.11. The van der Waals surface area contributed by atoms with Crippen molar-refractivity contribution in [2.75, 3.05) is 14.2 Å². The summed E-state index contributed by atoms with van der Waals surface area (Å²) in [5.74, 6) is 1.16. The Bertz CT molecular complexity index is 1380. The molecule has 0 saturated heterocycles. The van der Waals surface area contributed by atoms with Gasteiger partial charge in [-0.25, -0.2) is 14.8 Å². The van der Waals surface area contributed by atoms with Gasteiger partial charge in [-0.1, -0.05) is 6.07 Å². The second kappa shape index (κ2) is 10.3. The molecule has 9 nitrogen and oxygen atoms in total. The largest absolute Gasteiger partial charge is 0.493 e. The Hall–Kier alpha value is -3.83. The number of carbonyl (C=O) groups is 1. The van der Waals surface area contributed by atoms with E-state index in [1.165, 1.54) is 32.6 Å². The van der Waals surface area contributed by atoms with Crippen molar-refractivity contribution in [2.45, 2.75) is 59.0 Å². The topological polar surface area (TPSA) is 105 Å². The van der Waals surface area contributed by atoms with Crippen LogP contribution in [-0.2, 0) is 17.5 Å². The van der Waals surface area contributed by atoms with Gasteiger partial charge in [0.2, 0.25) is 0 Å². The fourth-order valence-corrected chi connectivity index (χ4v) is 3.73. The van der Waals surface area contributed by atoms with Crippen LogP contribution >= 0.6 is 0 Å². The van der Waals surface area contributed by atoms with Crippen molar-refractivity contribution < 1.29 is 32.2 Å². The highest BCUT2D eigenvalue weighted by molar-refractivity contribution is 5.75. The molecule has 2 aromatic heterocycles. The maximum Gasteiger partial charge on any atom is 0.418 e. The van der Waals surface area contributed by atoms with Gasteiger partial charge < -0.3 is 19.5 Å². The van der Waals surface area contributed by atoms with E-state index in [2.05, 4.69) is 15.3 Å². The van der Waals surface area contributed by atoms with E-state index in [0.717, 1.165) is 6.07 Å². The van der Waals surface area contributed by atoms with Crippen LogP contribution < -0.4 is 20.3 Å². The number of alkyl halides is 3. The molecule has 3 rings (SSSR count). The smallest absolute Gasteiger partial charge is 0.418 e. The standard InChI is InChI=1S/C25H29F3N4O5/c1-13(29-23(34)37-24(3,4)5)20-16(25(26,27)28)11-17-21(31-20)22(33)32(14(2)30-17)12-15-8-9-18(35-6)19(10-15)36-7/h8-11,13H,12H2,1-7H3,(H,29,34). The lowest BCUT2D eigenvalue weighted by atomic mass is 10.1. The minimum Gasteiger partial charge on any atom is -0.493 e. The zero-order chi connectivity index (χ0) is 27.7. The normalized spacial score (nSPS) is 12.8. The number of halogens is 3. The van der Waals surface area contributed by atoms with Gasteiger partial charge in [0.1, 0.15) is 11.4 Å². The molecule has 12 heteroatoms. The maximum atomic E-state index is 13.9. The number of aryl methyl sites for hydroxylation is 1. The fourth-order valence-electron chi connectivity index (χ4n) is 3.73. The van der Waals surface area contributed by atoms with Gasteiger partial charge in [0.05, 0.1) is 43.6 Å². The average Bonchev–Trinajstić information content (AvgIpc) is 2.78. The Morgan fingerprint density at radius 3 is 2.30 bits per heavy atom. The molecular weight excluding hydrogens is 493 g/mol. The van der Waals surface area contributed by atoms with Gasteiger partial charge in [-0.15, -0.1) is 0 Å². The Labute approximate surface area is 211 Å². The minimum atomic E-state index is -4.80. The summed E-state index contributed by atoms with van der Waals surface area (Å²) >= 11 is 0. The monoisotopic (exact) mass is 522 g/mol. The number of alkyl carbamates (subject to hydrolysis) is 1. The molecule has 1 N–H and O–H groups in total. The van der Waals surface area contributed by atoms with Crippen LogP contribution in [0.5, 0.6) is 11.5 Å². The van der Waals surface area contributed by atoms with Gasteiger partial charge in [0.15, 0.2) is 17.0 Å². The van der Waals surface area contributed by atoms with E-state index in [1.54, 1.807) is 39.0 Å². The van der Waals surface area contributed by atoms with Crippen molar-refractivity contribution >= 4 is 17.1 Å². The number of aromatic nitrogens is 3. The highest BCUT2D eigenvalue weighted by Gasteiger charge is 2.37. The zero-order valence-corrected chi connectivity index (χ0v) is 21.6. The quantitative estimate of drug-likeness (QED) is 0.497. The molecule has 0 saturated carbocycles. The number of benzene rings is 1. The molecule has 2 heterocycles. The van der Waals surface area contributed by atoms with E-state index < -0.39 is 40.7 Å². The second-order valence-electron chi connectivity index (χ2n) is 9.39. The Morgan fingerprint density at radius 2 is 1.73 bits per heavy atom. The summed E-state index contributed by atoms with van der Waals surface area (Å²) in [5, 5.41) is 2.36. The minimum absolute atomic E-state index is 0.0672. The predicted molar refractivity (Wildman–Crippen MR) is 130 cm³/mol. The molecule has 1 aromatic carbocycles. The first-order valence-electron chi connectivity index (χ1n) is 11.3. The zero-order valence-electron chi connectivity index (χ0n) is 21.6. The Morgan fingerprint density at radius 1 is 1.08 bits per heavy atom. The van der Waals surface area contributed by atoms with Crippen LogP contribution in [-0.4, -0.2) is 40.4 Å². The molecule has 0 aliphatic rings. The fraction of sp³-hybridized carbons (Fsp3) is 0.440. The lowest BCUT2D eigenvalue weighted by Crippen LogP contribution is -2.35. The van der Waals surface area contributed by atoms with Crippen molar-refractivity contribution in [1.29, 1.82) is 0 Å². The molecule has 1 unspecified atom stereocenters. The number of nitrogens with one attached hydrogen (secondary N) is 1. The van der Waals surface area contributed by atoms with Gasteiger partial charge >= 0.3 is 12.3 Å². The lowest BCUT2D eigenvalue weighted by molar-refractivity contribution is -0.138. The van der Waals surface area contributed by atoms with Gasteiger partial charge in [-0.05, 0) is 58.4 Å². The van der Waals surface area contributed by atoms with Gasteiger partial charge in [-0.2, -0.15) is 13.2 Å². The van der Waals surface area contributed by atoms with Crippen LogP contribution in [0, 0.1) is 6.92 Å². The predicted octanol–water partition coefficient (Wildman–Crippen LogP) is 4.77. The first kappa shape index (κ1) is 27.8. The first-order valence-corrected chi connectivity index (χ1v) is 11.3. The van der Waals surface area contributed by atoms with Crippen LogP contribution in [0.4, 0.5) is 18.0 Å². The summed E-state index contributed by atoms with van der Waals surface area (Å²) in [6.07, 6.45) is -5.72. The molecule has 1 amide bonds. The van der Waals surface area contributed by atoms with E-state index >= 15 is 0 Å². The summed E-state index contributed by atoms with van der Waals surface area (Å²) in [6, 6.07) is 4.67. The highest BCUT2D eigenvalue weighted by atomic mass is 19.4. The maximum absolute atomic E-state index is 13.9. The summed E-state index contributed by atoms with van der Waals surface area (Å²) in [5.41, 5.74) is -2.89. The molecule has 0 aliphatic carbocycles. The summed E-state index contributed by atoms with van der Waals surface area (Å²) in [6.45, 7) is 7.80. The number of pyridine rings is 1. The van der Waals surface area contributed by atoms with Crippen molar-refractivity contribution in [3.05, 3.63) is 57.3 Å². The Kier molecular flexibility index (Phi) is 7.70. The number of carbonyl (C=O) groups excluding carboxylic acids is 1. The van der Waals surface area contributed by atoms with Crippen LogP contribution in [0.15, 0.2) is 29.1 Å². The van der Waals surface area contributed by atoms with Crippen molar-refractivity contribution in [2.24, 2.45) is 0 Å². The lowest BCUT2D eigenvalue weighted by Gasteiger charge is -2.23. The van der Waals surface area contributed by atoms with Crippen LogP contribution in [0.3, 0.4) is 0 Å². The van der Waals surface area contributed by atoms with E-state index in [-0.39, 0.29) is 23.4 Å². The van der Waals surface area contributed by atoms with Crippen molar-refractivity contribution in [3.8, 4) is 11.5 Å². The van der Waals surface area contributed by atoms with Crippen molar-refractivity contribution in [3.63, 3.8) is 0 Å². The van der Waals surface area contributed by atoms with Crippen LogP contribution in [0.1, 0.15) is 56.4 Å². The number of nitrogens with zero attached hydrogens (tertiary/aromatic N) is 3. The molecule has 37 heavy (non-hydrogen) atoms. The number of amides is 1. The third-order valence-electron chi connectivity index (χ3n) is 5.39. The first-order chi connectivity index (χ1) is 17.1. The number of hydrogen-bond donors (Lipinski definition) is 1. The number of fused-ring (bicyclic) bond motifs is 1. The third-order valence-corrected chi connectivity index (χ3v) is 5.39. The average molecular weight is 523 g/mol. The van der Waals surface area contributed by atoms with Gasteiger partial charge in [0, 0.05) is 0 Å². The number of rotatable bonds is 6. The number of hydrogen-bond acceptors (Lipinski definition) is 7. The molecule has 0 spiro atoms. The molecule has 0 aliphatic heterocycles. The molecule has 200 valence electrons. The summed E-state index contributed by atoms with van der Waals surface area (Å²) < 4.78 is 58.8. The SMILES string of the molecule is COc1ccc(Cn2c(C)nc3cc(C(F)(F)F)c(C(C)NC(=O)OC(C)(C)C)nc3c2=O)cc1OC. The van der Waals surface area contributed by atoms with Crippen molar-refractivity contribution in [1.82, 2.24) is 19.9 Å². The molecule has 0 fully saturated rings. The highest BCUT2D eigenvalue weighted by Crippen LogP contribution is 2.35. The van der Waals surface area contributed by atoms with Crippen LogP contribution in [0.25, 0.3) is 11.0 Å². The number of methoxy groups -OCH3 is 2. The molecule has 0 bridgehead atoms.